The van der Waals surface area contributed by atoms with Gasteiger partial charge in [-0.2, -0.15) is 0 Å². The van der Waals surface area contributed by atoms with E-state index in [2.05, 4.69) is 16.3 Å². The topological polar surface area (TPSA) is 41.6 Å². The molecule has 110 valence electrons. The first-order chi connectivity index (χ1) is 9.66. The summed E-state index contributed by atoms with van der Waals surface area (Å²) in [5.74, 6) is 0.171. The van der Waals surface area contributed by atoms with Crippen LogP contribution in [0.5, 0.6) is 0 Å². The fourth-order valence-electron chi connectivity index (χ4n) is 2.49. The van der Waals surface area contributed by atoms with Crippen LogP contribution in [0.1, 0.15) is 21.5 Å². The molecule has 0 aliphatic carbocycles. The van der Waals surface area contributed by atoms with Gasteiger partial charge in [-0.05, 0) is 19.4 Å². The van der Waals surface area contributed by atoms with Gasteiger partial charge in [0.2, 0.25) is 0 Å². The molecule has 4 heteroatoms. The standard InChI is InChI=1S/C16H24N2O2/c1-13-3-4-15(14(2)11-13)16(19)12-17-5-6-18-7-9-20-10-8-18/h3-4,11,17H,5-10,12H2,1-2H3. The lowest BCUT2D eigenvalue weighted by molar-refractivity contribution is 0.0384. The number of ketones is 1. The molecular formula is C16H24N2O2. The first kappa shape index (κ1) is 15.2. The quantitative estimate of drug-likeness (QED) is 0.630. The van der Waals surface area contributed by atoms with Crippen molar-refractivity contribution in [3.63, 3.8) is 0 Å². The van der Waals surface area contributed by atoms with Crippen molar-refractivity contribution in [1.82, 2.24) is 10.2 Å². The number of aryl methyl sites for hydroxylation is 2. The van der Waals surface area contributed by atoms with Gasteiger partial charge < -0.3 is 10.1 Å². The Hall–Kier alpha value is -1.23. The number of hydrogen-bond donors (Lipinski definition) is 1. The van der Waals surface area contributed by atoms with E-state index in [1.165, 1.54) is 5.56 Å². The number of Topliss-reactive ketones (excluding diaryl/α,β-unsaturated/α-hetero) is 1. The maximum absolute atomic E-state index is 12.1. The molecule has 20 heavy (non-hydrogen) atoms. The van der Waals surface area contributed by atoms with Crippen molar-refractivity contribution in [2.75, 3.05) is 45.9 Å². The molecule has 1 fully saturated rings. The summed E-state index contributed by atoms with van der Waals surface area (Å²) >= 11 is 0. The molecule has 1 aromatic rings. The molecule has 1 aliphatic heterocycles. The Kier molecular flexibility index (Phi) is 5.71. The third kappa shape index (κ3) is 4.40. The predicted octanol–water partition coefficient (Wildman–Crippen LogP) is 1.41. The lowest BCUT2D eigenvalue weighted by Gasteiger charge is -2.26. The lowest BCUT2D eigenvalue weighted by Crippen LogP contribution is -2.41. The van der Waals surface area contributed by atoms with Crippen molar-refractivity contribution < 1.29 is 9.53 Å². The number of carbonyl (C=O) groups is 1. The summed E-state index contributed by atoms with van der Waals surface area (Å²) in [5, 5.41) is 3.24. The number of morpholine rings is 1. The SMILES string of the molecule is Cc1ccc(C(=O)CNCCN2CCOCC2)c(C)c1. The van der Waals surface area contributed by atoms with Gasteiger partial charge >= 0.3 is 0 Å². The first-order valence-corrected chi connectivity index (χ1v) is 7.28. The van der Waals surface area contributed by atoms with Gasteiger partial charge in [0.05, 0.1) is 19.8 Å². The summed E-state index contributed by atoms with van der Waals surface area (Å²) in [6.45, 7) is 9.90. The van der Waals surface area contributed by atoms with E-state index in [1.807, 2.05) is 26.0 Å². The smallest absolute Gasteiger partial charge is 0.176 e. The molecule has 1 saturated heterocycles. The minimum atomic E-state index is 0.171. The molecular weight excluding hydrogens is 252 g/mol. The van der Waals surface area contributed by atoms with Gasteiger partial charge in [0.1, 0.15) is 0 Å². The van der Waals surface area contributed by atoms with Gasteiger partial charge in [-0.25, -0.2) is 0 Å². The molecule has 1 N–H and O–H groups in total. The highest BCUT2D eigenvalue weighted by atomic mass is 16.5. The second-order valence-electron chi connectivity index (χ2n) is 5.37. The summed E-state index contributed by atoms with van der Waals surface area (Å²) in [4.78, 5) is 14.5. The Labute approximate surface area is 121 Å². The molecule has 1 aliphatic rings. The summed E-state index contributed by atoms with van der Waals surface area (Å²) in [7, 11) is 0. The van der Waals surface area contributed by atoms with Crippen LogP contribution in [0.2, 0.25) is 0 Å². The first-order valence-electron chi connectivity index (χ1n) is 7.28. The van der Waals surface area contributed by atoms with Gasteiger partial charge in [0.15, 0.2) is 5.78 Å². The third-order valence-electron chi connectivity index (χ3n) is 3.68. The number of benzene rings is 1. The molecule has 0 saturated carbocycles. The molecule has 0 unspecified atom stereocenters. The number of rotatable bonds is 6. The minimum absolute atomic E-state index is 0.171. The van der Waals surface area contributed by atoms with E-state index in [1.54, 1.807) is 0 Å². The van der Waals surface area contributed by atoms with Crippen LogP contribution in [0.15, 0.2) is 18.2 Å². The molecule has 0 bridgehead atoms. The van der Waals surface area contributed by atoms with E-state index in [4.69, 9.17) is 4.74 Å². The average molecular weight is 276 g/mol. The highest BCUT2D eigenvalue weighted by molar-refractivity contribution is 5.98. The maximum atomic E-state index is 12.1. The molecule has 2 rings (SSSR count). The molecule has 1 heterocycles. The summed E-state index contributed by atoms with van der Waals surface area (Å²) in [5.41, 5.74) is 3.08. The van der Waals surface area contributed by atoms with E-state index in [0.29, 0.717) is 6.54 Å². The van der Waals surface area contributed by atoms with Crippen molar-refractivity contribution in [2.24, 2.45) is 0 Å². The highest BCUT2D eigenvalue weighted by Gasteiger charge is 2.11. The molecule has 0 atom stereocenters. The third-order valence-corrected chi connectivity index (χ3v) is 3.68. The molecule has 0 spiro atoms. The zero-order chi connectivity index (χ0) is 14.4. The predicted molar refractivity (Wildman–Crippen MR) is 80.4 cm³/mol. The molecule has 4 nitrogen and oxygen atoms in total. The number of ether oxygens (including phenoxy) is 1. The summed E-state index contributed by atoms with van der Waals surface area (Å²) < 4.78 is 5.31. The van der Waals surface area contributed by atoms with Crippen LogP contribution in [-0.4, -0.2) is 56.6 Å². The van der Waals surface area contributed by atoms with Crippen LogP contribution in [0.4, 0.5) is 0 Å². The summed E-state index contributed by atoms with van der Waals surface area (Å²) in [6, 6.07) is 5.98. The van der Waals surface area contributed by atoms with E-state index in [-0.39, 0.29) is 5.78 Å². The Bertz CT molecular complexity index is 454. The van der Waals surface area contributed by atoms with Crippen LogP contribution >= 0.6 is 0 Å². The zero-order valence-electron chi connectivity index (χ0n) is 12.4. The van der Waals surface area contributed by atoms with Crippen LogP contribution in [-0.2, 0) is 4.74 Å². The lowest BCUT2D eigenvalue weighted by atomic mass is 10.0. The van der Waals surface area contributed by atoms with Gasteiger partial charge in [0.25, 0.3) is 0 Å². The van der Waals surface area contributed by atoms with Crippen LogP contribution in [0, 0.1) is 13.8 Å². The van der Waals surface area contributed by atoms with E-state index in [9.17, 15) is 4.79 Å². The van der Waals surface area contributed by atoms with E-state index in [0.717, 1.165) is 50.5 Å². The zero-order valence-corrected chi connectivity index (χ0v) is 12.4. The fourth-order valence-corrected chi connectivity index (χ4v) is 2.49. The van der Waals surface area contributed by atoms with Crippen molar-refractivity contribution in [2.45, 2.75) is 13.8 Å². The second kappa shape index (κ2) is 7.53. The van der Waals surface area contributed by atoms with Crippen LogP contribution in [0.25, 0.3) is 0 Å². The van der Waals surface area contributed by atoms with Gasteiger partial charge in [-0.1, -0.05) is 23.8 Å². The van der Waals surface area contributed by atoms with E-state index < -0.39 is 0 Å². The molecule has 0 amide bonds. The number of nitrogens with zero attached hydrogens (tertiary/aromatic N) is 1. The summed E-state index contributed by atoms with van der Waals surface area (Å²) in [6.07, 6.45) is 0. The molecule has 1 aromatic carbocycles. The number of hydrogen-bond acceptors (Lipinski definition) is 4. The molecule has 0 aromatic heterocycles. The average Bonchev–Trinajstić information content (AvgIpc) is 2.44. The number of nitrogens with one attached hydrogen (secondary N) is 1. The van der Waals surface area contributed by atoms with Gasteiger partial charge in [0, 0.05) is 31.7 Å². The number of carbonyl (C=O) groups excluding carboxylic acids is 1. The van der Waals surface area contributed by atoms with Crippen molar-refractivity contribution >= 4 is 5.78 Å². The van der Waals surface area contributed by atoms with E-state index >= 15 is 0 Å². The Balaban J connectivity index is 1.72. The highest BCUT2D eigenvalue weighted by Crippen LogP contribution is 2.10. The van der Waals surface area contributed by atoms with Crippen LogP contribution < -0.4 is 5.32 Å². The maximum Gasteiger partial charge on any atom is 0.176 e. The van der Waals surface area contributed by atoms with Gasteiger partial charge in [-0.15, -0.1) is 0 Å². The minimum Gasteiger partial charge on any atom is -0.379 e. The monoisotopic (exact) mass is 276 g/mol. The Morgan fingerprint density at radius 3 is 2.75 bits per heavy atom. The Morgan fingerprint density at radius 2 is 2.05 bits per heavy atom. The Morgan fingerprint density at radius 1 is 1.30 bits per heavy atom. The fraction of sp³-hybridized carbons (Fsp3) is 0.562. The van der Waals surface area contributed by atoms with Gasteiger partial charge in [-0.3, -0.25) is 9.69 Å². The largest absolute Gasteiger partial charge is 0.379 e. The second-order valence-corrected chi connectivity index (χ2v) is 5.37. The van der Waals surface area contributed by atoms with Crippen molar-refractivity contribution in [1.29, 1.82) is 0 Å². The van der Waals surface area contributed by atoms with Crippen molar-refractivity contribution in [3.05, 3.63) is 34.9 Å². The normalized spacial score (nSPS) is 16.3. The molecule has 0 radical (unpaired) electrons. The van der Waals surface area contributed by atoms with Crippen molar-refractivity contribution in [3.8, 4) is 0 Å². The van der Waals surface area contributed by atoms with Crippen LogP contribution in [0.3, 0.4) is 0 Å².